The van der Waals surface area contributed by atoms with E-state index in [9.17, 15) is 0 Å². The summed E-state index contributed by atoms with van der Waals surface area (Å²) in [6, 6.07) is 1.94. The third-order valence-corrected chi connectivity index (χ3v) is 2.04. The second kappa shape index (κ2) is 7.90. The van der Waals surface area contributed by atoms with Gasteiger partial charge in [0.2, 0.25) is 0 Å². The zero-order valence-electron chi connectivity index (χ0n) is 10.9. The van der Waals surface area contributed by atoms with Crippen molar-refractivity contribution in [3.63, 3.8) is 0 Å². The van der Waals surface area contributed by atoms with Gasteiger partial charge in [-0.3, -0.25) is 4.98 Å². The van der Waals surface area contributed by atoms with Crippen molar-refractivity contribution >= 4 is 5.69 Å². The van der Waals surface area contributed by atoms with Crippen molar-refractivity contribution in [2.75, 3.05) is 31.7 Å². The molecule has 0 aliphatic heterocycles. The standard InChI is InChI=1S/C13H22N2O2/c1-4-15-12-7-13(9-14-8-12)17-6-5-16-10-11(2)3/h7-9,11,15H,4-6,10H2,1-3H3. The summed E-state index contributed by atoms with van der Waals surface area (Å²) < 4.78 is 11.0. The molecule has 0 fully saturated rings. The van der Waals surface area contributed by atoms with E-state index < -0.39 is 0 Å². The number of hydrogen-bond acceptors (Lipinski definition) is 4. The lowest BCUT2D eigenvalue weighted by molar-refractivity contribution is 0.0818. The maximum absolute atomic E-state index is 5.55. The summed E-state index contributed by atoms with van der Waals surface area (Å²) in [5.41, 5.74) is 0.980. The van der Waals surface area contributed by atoms with Gasteiger partial charge in [-0.2, -0.15) is 0 Å². The summed E-state index contributed by atoms with van der Waals surface area (Å²) >= 11 is 0. The predicted molar refractivity (Wildman–Crippen MR) is 69.6 cm³/mol. The first kappa shape index (κ1) is 13.8. The fourth-order valence-electron chi connectivity index (χ4n) is 1.34. The lowest BCUT2D eigenvalue weighted by Gasteiger charge is -2.09. The summed E-state index contributed by atoms with van der Waals surface area (Å²) in [7, 11) is 0. The molecule has 0 aliphatic rings. The normalized spacial score (nSPS) is 10.6. The molecule has 4 nitrogen and oxygen atoms in total. The van der Waals surface area contributed by atoms with Crippen molar-refractivity contribution in [3.05, 3.63) is 18.5 Å². The van der Waals surface area contributed by atoms with E-state index in [1.54, 1.807) is 12.4 Å². The van der Waals surface area contributed by atoms with Gasteiger partial charge in [0, 0.05) is 19.2 Å². The predicted octanol–water partition coefficient (Wildman–Crippen LogP) is 2.56. The summed E-state index contributed by atoms with van der Waals surface area (Å²) in [5.74, 6) is 1.34. The van der Waals surface area contributed by atoms with Crippen LogP contribution in [-0.4, -0.2) is 31.3 Å². The highest BCUT2D eigenvalue weighted by molar-refractivity contribution is 5.44. The number of nitrogens with one attached hydrogen (secondary N) is 1. The van der Waals surface area contributed by atoms with Gasteiger partial charge < -0.3 is 14.8 Å². The van der Waals surface area contributed by atoms with E-state index in [0.717, 1.165) is 24.6 Å². The molecule has 0 saturated heterocycles. The highest BCUT2D eigenvalue weighted by atomic mass is 16.5. The molecular weight excluding hydrogens is 216 g/mol. The van der Waals surface area contributed by atoms with E-state index in [4.69, 9.17) is 9.47 Å². The minimum absolute atomic E-state index is 0.560. The van der Waals surface area contributed by atoms with Crippen LogP contribution in [-0.2, 0) is 4.74 Å². The maximum atomic E-state index is 5.55. The van der Waals surface area contributed by atoms with Gasteiger partial charge in [-0.05, 0) is 12.8 Å². The lowest BCUT2D eigenvalue weighted by atomic mass is 10.2. The van der Waals surface area contributed by atoms with Crippen LogP contribution in [0.3, 0.4) is 0 Å². The van der Waals surface area contributed by atoms with Crippen LogP contribution in [0, 0.1) is 5.92 Å². The molecule has 0 saturated carbocycles. The number of anilines is 1. The third-order valence-electron chi connectivity index (χ3n) is 2.04. The Hall–Kier alpha value is -1.29. The molecule has 4 heteroatoms. The number of pyridine rings is 1. The minimum Gasteiger partial charge on any atom is -0.489 e. The third kappa shape index (κ3) is 6.12. The molecule has 1 aromatic rings. The van der Waals surface area contributed by atoms with Crippen LogP contribution in [0.25, 0.3) is 0 Å². The van der Waals surface area contributed by atoms with Gasteiger partial charge in [-0.1, -0.05) is 13.8 Å². The molecular formula is C13H22N2O2. The van der Waals surface area contributed by atoms with Crippen LogP contribution >= 0.6 is 0 Å². The Morgan fingerprint density at radius 2 is 2.12 bits per heavy atom. The van der Waals surface area contributed by atoms with E-state index >= 15 is 0 Å². The molecule has 0 bridgehead atoms. The van der Waals surface area contributed by atoms with Gasteiger partial charge >= 0.3 is 0 Å². The molecule has 0 radical (unpaired) electrons. The molecule has 1 N–H and O–H groups in total. The molecule has 1 heterocycles. The number of rotatable bonds is 8. The number of aromatic nitrogens is 1. The maximum Gasteiger partial charge on any atom is 0.139 e. The fraction of sp³-hybridized carbons (Fsp3) is 0.615. The van der Waals surface area contributed by atoms with Crippen LogP contribution < -0.4 is 10.1 Å². The monoisotopic (exact) mass is 238 g/mol. The second-order valence-corrected chi connectivity index (χ2v) is 4.26. The Bertz CT molecular complexity index is 316. The number of nitrogens with zero attached hydrogens (tertiary/aromatic N) is 1. The van der Waals surface area contributed by atoms with Crippen LogP contribution in [0.15, 0.2) is 18.5 Å². The molecule has 0 unspecified atom stereocenters. The lowest BCUT2D eigenvalue weighted by Crippen LogP contribution is -2.10. The topological polar surface area (TPSA) is 43.4 Å². The molecule has 17 heavy (non-hydrogen) atoms. The molecule has 0 aliphatic carbocycles. The molecule has 1 rings (SSSR count). The first-order valence-electron chi connectivity index (χ1n) is 6.11. The van der Waals surface area contributed by atoms with Crippen LogP contribution in [0.4, 0.5) is 5.69 Å². The first-order valence-corrected chi connectivity index (χ1v) is 6.11. The molecule has 0 atom stereocenters. The van der Waals surface area contributed by atoms with Crippen molar-refractivity contribution in [1.82, 2.24) is 4.98 Å². The van der Waals surface area contributed by atoms with Gasteiger partial charge in [-0.15, -0.1) is 0 Å². The van der Waals surface area contributed by atoms with Crippen molar-refractivity contribution < 1.29 is 9.47 Å². The van der Waals surface area contributed by atoms with Crippen LogP contribution in [0.5, 0.6) is 5.75 Å². The average molecular weight is 238 g/mol. The van der Waals surface area contributed by atoms with Crippen molar-refractivity contribution in [3.8, 4) is 5.75 Å². The van der Waals surface area contributed by atoms with Crippen LogP contribution in [0.2, 0.25) is 0 Å². The average Bonchev–Trinajstić information content (AvgIpc) is 2.29. The Kier molecular flexibility index (Phi) is 6.40. The summed E-state index contributed by atoms with van der Waals surface area (Å²) in [6.07, 6.45) is 3.49. The Morgan fingerprint density at radius 3 is 2.82 bits per heavy atom. The quantitative estimate of drug-likeness (QED) is 0.707. The number of ether oxygens (including phenoxy) is 2. The molecule has 0 amide bonds. The van der Waals surface area contributed by atoms with Gasteiger partial charge in [-0.25, -0.2) is 0 Å². The van der Waals surface area contributed by atoms with Gasteiger partial charge in [0.05, 0.1) is 24.7 Å². The van der Waals surface area contributed by atoms with Gasteiger partial charge in [0.1, 0.15) is 12.4 Å². The van der Waals surface area contributed by atoms with Crippen molar-refractivity contribution in [2.45, 2.75) is 20.8 Å². The van der Waals surface area contributed by atoms with Gasteiger partial charge in [0.15, 0.2) is 0 Å². The first-order chi connectivity index (χ1) is 8.22. The molecule has 96 valence electrons. The fourth-order valence-corrected chi connectivity index (χ4v) is 1.34. The minimum atomic E-state index is 0.560. The van der Waals surface area contributed by atoms with Crippen LogP contribution in [0.1, 0.15) is 20.8 Å². The Morgan fingerprint density at radius 1 is 1.29 bits per heavy atom. The smallest absolute Gasteiger partial charge is 0.139 e. The highest BCUT2D eigenvalue weighted by Crippen LogP contribution is 2.14. The molecule has 0 aromatic carbocycles. The largest absolute Gasteiger partial charge is 0.489 e. The van der Waals surface area contributed by atoms with Crippen molar-refractivity contribution in [1.29, 1.82) is 0 Å². The van der Waals surface area contributed by atoms with E-state index in [-0.39, 0.29) is 0 Å². The summed E-state index contributed by atoms with van der Waals surface area (Å²) in [4.78, 5) is 4.10. The second-order valence-electron chi connectivity index (χ2n) is 4.26. The van der Waals surface area contributed by atoms with E-state index in [0.29, 0.717) is 19.1 Å². The van der Waals surface area contributed by atoms with Crippen molar-refractivity contribution in [2.24, 2.45) is 5.92 Å². The van der Waals surface area contributed by atoms with E-state index in [1.807, 2.05) is 13.0 Å². The summed E-state index contributed by atoms with van der Waals surface area (Å²) in [5, 5.41) is 3.19. The molecule has 1 aromatic heterocycles. The van der Waals surface area contributed by atoms with E-state index in [2.05, 4.69) is 24.1 Å². The zero-order valence-corrected chi connectivity index (χ0v) is 10.9. The zero-order chi connectivity index (χ0) is 12.5. The Labute approximate surface area is 103 Å². The van der Waals surface area contributed by atoms with Gasteiger partial charge in [0.25, 0.3) is 0 Å². The SMILES string of the molecule is CCNc1cncc(OCCOCC(C)C)c1. The van der Waals surface area contributed by atoms with E-state index in [1.165, 1.54) is 0 Å². The Balaban J connectivity index is 2.24. The number of hydrogen-bond donors (Lipinski definition) is 1. The molecule has 0 spiro atoms. The summed E-state index contributed by atoms with van der Waals surface area (Å²) in [6.45, 7) is 9.14. The highest BCUT2D eigenvalue weighted by Gasteiger charge is 1.98.